The summed E-state index contributed by atoms with van der Waals surface area (Å²) in [4.78, 5) is 40.3. The van der Waals surface area contributed by atoms with E-state index < -0.39 is 5.44 Å². The highest BCUT2D eigenvalue weighted by Gasteiger charge is 2.40. The Morgan fingerprint density at radius 2 is 1.90 bits per heavy atom. The summed E-state index contributed by atoms with van der Waals surface area (Å²) in [6.45, 7) is 4.92. The van der Waals surface area contributed by atoms with E-state index in [0.29, 0.717) is 17.2 Å². The maximum Gasteiger partial charge on any atom is 0.291 e. The number of rotatable bonds is 7. The molecule has 0 aromatic heterocycles. The SMILES string of the molecule is CC(C)c1ccc2c(c1)OCN(CCOC1SC(=O)N(Cc3ccccc3)C1=O)C2=O. The average Bonchev–Trinajstić information content (AvgIpc) is 3.03. The quantitative estimate of drug-likeness (QED) is 0.651. The molecule has 4 rings (SSSR count). The fraction of sp³-hybridized carbons (Fsp3) is 0.348. The summed E-state index contributed by atoms with van der Waals surface area (Å²) >= 11 is 0.862. The number of benzene rings is 2. The highest BCUT2D eigenvalue weighted by Crippen LogP contribution is 2.31. The summed E-state index contributed by atoms with van der Waals surface area (Å²) in [5.41, 5.74) is 1.62. The van der Waals surface area contributed by atoms with Crippen molar-refractivity contribution >= 4 is 28.8 Å². The molecule has 3 amide bonds. The van der Waals surface area contributed by atoms with Gasteiger partial charge < -0.3 is 14.4 Å². The second-order valence-electron chi connectivity index (χ2n) is 7.75. The number of ether oxygens (including phenoxy) is 2. The molecular formula is C23H24N2O5S. The van der Waals surface area contributed by atoms with Crippen LogP contribution >= 0.6 is 11.8 Å². The van der Waals surface area contributed by atoms with Gasteiger partial charge in [0.15, 0.2) is 12.2 Å². The lowest BCUT2D eigenvalue weighted by atomic mass is 10.00. The van der Waals surface area contributed by atoms with Crippen LogP contribution in [0.15, 0.2) is 48.5 Å². The van der Waals surface area contributed by atoms with Gasteiger partial charge in [-0.3, -0.25) is 19.3 Å². The van der Waals surface area contributed by atoms with E-state index in [1.54, 1.807) is 6.07 Å². The van der Waals surface area contributed by atoms with Crippen LogP contribution in [-0.2, 0) is 16.1 Å². The first-order chi connectivity index (χ1) is 14.9. The summed E-state index contributed by atoms with van der Waals surface area (Å²) in [5, 5.41) is -0.328. The number of hydrogen-bond donors (Lipinski definition) is 0. The number of imide groups is 1. The van der Waals surface area contributed by atoms with Crippen LogP contribution in [0, 0.1) is 0 Å². The molecule has 1 saturated heterocycles. The van der Waals surface area contributed by atoms with Gasteiger partial charge in [-0.05, 0) is 40.9 Å². The molecule has 0 bridgehead atoms. The van der Waals surface area contributed by atoms with Gasteiger partial charge in [0.05, 0.1) is 18.7 Å². The largest absolute Gasteiger partial charge is 0.472 e. The van der Waals surface area contributed by atoms with Crippen molar-refractivity contribution < 1.29 is 23.9 Å². The molecule has 162 valence electrons. The number of hydrogen-bond acceptors (Lipinski definition) is 6. The van der Waals surface area contributed by atoms with Gasteiger partial charge in [0, 0.05) is 6.54 Å². The Hall–Kier alpha value is -2.84. The lowest BCUT2D eigenvalue weighted by molar-refractivity contribution is -0.134. The Morgan fingerprint density at radius 3 is 2.65 bits per heavy atom. The predicted octanol–water partition coefficient (Wildman–Crippen LogP) is 3.84. The lowest BCUT2D eigenvalue weighted by Crippen LogP contribution is -2.41. The minimum absolute atomic E-state index is 0.127. The second kappa shape index (κ2) is 9.11. The molecule has 2 heterocycles. The smallest absolute Gasteiger partial charge is 0.291 e. The summed E-state index contributed by atoms with van der Waals surface area (Å²) in [6.07, 6.45) is 0. The zero-order valence-electron chi connectivity index (χ0n) is 17.4. The predicted molar refractivity (Wildman–Crippen MR) is 117 cm³/mol. The van der Waals surface area contributed by atoms with Gasteiger partial charge >= 0.3 is 0 Å². The van der Waals surface area contributed by atoms with Crippen LogP contribution in [0.1, 0.15) is 41.3 Å². The van der Waals surface area contributed by atoms with E-state index in [9.17, 15) is 14.4 Å². The van der Waals surface area contributed by atoms with Gasteiger partial charge in [0.1, 0.15) is 5.75 Å². The van der Waals surface area contributed by atoms with Crippen molar-refractivity contribution in [3.05, 3.63) is 65.2 Å². The molecule has 7 nitrogen and oxygen atoms in total. The maximum absolute atomic E-state index is 12.8. The molecule has 1 unspecified atom stereocenters. The van der Waals surface area contributed by atoms with Crippen LogP contribution in [0.2, 0.25) is 0 Å². The molecule has 1 atom stereocenters. The van der Waals surface area contributed by atoms with E-state index in [1.807, 2.05) is 42.5 Å². The third-order valence-electron chi connectivity index (χ3n) is 5.28. The third kappa shape index (κ3) is 4.60. The van der Waals surface area contributed by atoms with Crippen molar-refractivity contribution in [1.29, 1.82) is 0 Å². The van der Waals surface area contributed by atoms with E-state index in [-0.39, 0.29) is 43.5 Å². The Labute approximate surface area is 185 Å². The highest BCUT2D eigenvalue weighted by atomic mass is 32.2. The summed E-state index contributed by atoms with van der Waals surface area (Å²) in [6, 6.07) is 15.0. The molecular weight excluding hydrogens is 416 g/mol. The molecule has 0 N–H and O–H groups in total. The molecule has 2 aromatic rings. The Kier molecular flexibility index (Phi) is 6.29. The number of amides is 3. The standard InChI is InChI=1S/C23H24N2O5S/c1-15(2)17-8-9-18-19(12-17)30-14-24(20(18)26)10-11-29-22-21(27)25(23(28)31-22)13-16-6-4-3-5-7-16/h3-9,12,15,22H,10-11,13-14H2,1-2H3. The van der Waals surface area contributed by atoms with Crippen LogP contribution < -0.4 is 4.74 Å². The zero-order valence-corrected chi connectivity index (χ0v) is 18.3. The Morgan fingerprint density at radius 1 is 1.13 bits per heavy atom. The molecule has 0 saturated carbocycles. The van der Waals surface area contributed by atoms with Crippen LogP contribution in [0.4, 0.5) is 4.79 Å². The highest BCUT2D eigenvalue weighted by molar-refractivity contribution is 8.15. The lowest BCUT2D eigenvalue weighted by Gasteiger charge is -2.29. The summed E-state index contributed by atoms with van der Waals surface area (Å²) < 4.78 is 11.4. The van der Waals surface area contributed by atoms with E-state index in [0.717, 1.165) is 22.9 Å². The molecule has 8 heteroatoms. The van der Waals surface area contributed by atoms with Gasteiger partial charge in [-0.25, -0.2) is 0 Å². The first-order valence-corrected chi connectivity index (χ1v) is 11.1. The first kappa shape index (κ1) is 21.4. The third-order valence-corrected chi connectivity index (χ3v) is 6.25. The number of fused-ring (bicyclic) bond motifs is 1. The van der Waals surface area contributed by atoms with Crippen molar-refractivity contribution in [2.24, 2.45) is 0 Å². The molecule has 1 fully saturated rings. The van der Waals surface area contributed by atoms with Crippen LogP contribution in [0.5, 0.6) is 5.75 Å². The van der Waals surface area contributed by atoms with E-state index in [2.05, 4.69) is 13.8 Å². The van der Waals surface area contributed by atoms with Crippen molar-refractivity contribution in [2.45, 2.75) is 31.7 Å². The van der Waals surface area contributed by atoms with Crippen molar-refractivity contribution in [1.82, 2.24) is 9.80 Å². The van der Waals surface area contributed by atoms with E-state index >= 15 is 0 Å². The van der Waals surface area contributed by atoms with Gasteiger partial charge in [-0.15, -0.1) is 0 Å². The molecule has 0 radical (unpaired) electrons. The maximum atomic E-state index is 12.8. The first-order valence-electron chi connectivity index (χ1n) is 10.2. The average molecular weight is 441 g/mol. The summed E-state index contributed by atoms with van der Waals surface area (Å²) in [5.74, 6) is 0.442. The zero-order chi connectivity index (χ0) is 22.0. The Balaban J connectivity index is 1.31. The van der Waals surface area contributed by atoms with Gasteiger partial charge in [0.2, 0.25) is 0 Å². The second-order valence-corrected chi connectivity index (χ2v) is 8.76. The van der Waals surface area contributed by atoms with Crippen molar-refractivity contribution in [3.63, 3.8) is 0 Å². The number of carbonyl (C=O) groups excluding carboxylic acids is 3. The fourth-order valence-electron chi connectivity index (χ4n) is 3.44. The number of nitrogens with zero attached hydrogens (tertiary/aromatic N) is 2. The molecule has 0 aliphatic carbocycles. The monoisotopic (exact) mass is 440 g/mol. The van der Waals surface area contributed by atoms with Crippen LogP contribution in [0.25, 0.3) is 0 Å². The van der Waals surface area contributed by atoms with E-state index in [1.165, 1.54) is 9.80 Å². The van der Waals surface area contributed by atoms with Crippen molar-refractivity contribution in [2.75, 3.05) is 19.9 Å². The normalized spacial score (nSPS) is 18.5. The minimum atomic E-state index is -0.891. The molecule has 2 aromatic carbocycles. The number of carbonyl (C=O) groups is 3. The fourth-order valence-corrected chi connectivity index (χ4v) is 4.30. The van der Waals surface area contributed by atoms with Crippen molar-refractivity contribution in [3.8, 4) is 5.75 Å². The summed E-state index contributed by atoms with van der Waals surface area (Å²) in [7, 11) is 0. The number of thioether (sulfide) groups is 1. The molecule has 0 spiro atoms. The minimum Gasteiger partial charge on any atom is -0.472 e. The van der Waals surface area contributed by atoms with E-state index in [4.69, 9.17) is 9.47 Å². The van der Waals surface area contributed by atoms with Crippen LogP contribution in [0.3, 0.4) is 0 Å². The molecule has 31 heavy (non-hydrogen) atoms. The van der Waals surface area contributed by atoms with Gasteiger partial charge in [0.25, 0.3) is 17.1 Å². The van der Waals surface area contributed by atoms with Crippen LogP contribution in [-0.4, -0.2) is 52.2 Å². The van der Waals surface area contributed by atoms with Gasteiger partial charge in [-0.2, -0.15) is 0 Å². The topological polar surface area (TPSA) is 76.2 Å². The Bertz CT molecular complexity index is 995. The molecule has 2 aliphatic heterocycles. The molecule has 2 aliphatic rings. The van der Waals surface area contributed by atoms with Gasteiger partial charge in [-0.1, -0.05) is 50.2 Å².